The number of carbonyl (C=O) groups excluding carboxylic acids is 1. The molecule has 3 unspecified atom stereocenters. The Kier molecular flexibility index (Phi) is 4.19. The number of nitrogens with one attached hydrogen (secondary N) is 3. The van der Waals surface area contributed by atoms with Gasteiger partial charge in [-0.15, -0.1) is 0 Å². The number of nitrogens with two attached hydrogens (primary N) is 1. The van der Waals surface area contributed by atoms with E-state index in [2.05, 4.69) is 16.2 Å². The maximum absolute atomic E-state index is 11.9. The summed E-state index contributed by atoms with van der Waals surface area (Å²) in [5, 5.41) is 3.62. The summed E-state index contributed by atoms with van der Waals surface area (Å²) in [6.45, 7) is 1.93. The van der Waals surface area contributed by atoms with Crippen LogP contribution in [0.4, 0.5) is 0 Å². The van der Waals surface area contributed by atoms with E-state index in [4.69, 9.17) is 17.3 Å². The van der Waals surface area contributed by atoms with Crippen LogP contribution in [0.3, 0.4) is 0 Å². The normalized spacial score (nSPS) is 24.8. The molecule has 1 amide bonds. The van der Waals surface area contributed by atoms with Crippen LogP contribution in [0.1, 0.15) is 24.9 Å². The second-order valence-corrected chi connectivity index (χ2v) is 4.90. The quantitative estimate of drug-likeness (QED) is 0.650. The zero-order valence-electron chi connectivity index (χ0n) is 10.1. The van der Waals surface area contributed by atoms with Gasteiger partial charge in [0.05, 0.1) is 12.2 Å². The van der Waals surface area contributed by atoms with Crippen LogP contribution >= 0.6 is 11.6 Å². The fourth-order valence-electron chi connectivity index (χ4n) is 1.90. The molecule has 1 saturated heterocycles. The molecular weight excluding hydrogens is 252 g/mol. The molecule has 0 aromatic heterocycles. The van der Waals surface area contributed by atoms with E-state index in [0.29, 0.717) is 11.4 Å². The maximum Gasteiger partial charge on any atom is 0.239 e. The first kappa shape index (κ1) is 13.3. The third-order valence-corrected chi connectivity index (χ3v) is 3.23. The zero-order chi connectivity index (χ0) is 13.1. The van der Waals surface area contributed by atoms with Crippen molar-refractivity contribution in [2.24, 2.45) is 5.73 Å². The standard InChI is InChI=1S/C12H17ClN4O/c1-7(8-2-4-9(13)5-3-8)15-12(18)10-6-11(14)17-16-10/h2-5,7,10-11,16-17H,6,14H2,1H3,(H,15,18). The Balaban J connectivity index is 1.92. The second-order valence-electron chi connectivity index (χ2n) is 4.47. The van der Waals surface area contributed by atoms with Gasteiger partial charge in [-0.1, -0.05) is 23.7 Å². The summed E-state index contributed by atoms with van der Waals surface area (Å²) in [5.41, 5.74) is 12.4. The Hall–Kier alpha value is -1.14. The maximum atomic E-state index is 11.9. The summed E-state index contributed by atoms with van der Waals surface area (Å²) in [4.78, 5) is 11.9. The zero-order valence-corrected chi connectivity index (χ0v) is 10.9. The summed E-state index contributed by atoms with van der Waals surface area (Å²) in [6.07, 6.45) is 0.408. The fourth-order valence-corrected chi connectivity index (χ4v) is 2.03. The molecule has 1 heterocycles. The molecule has 1 aromatic rings. The fraction of sp³-hybridized carbons (Fsp3) is 0.417. The van der Waals surface area contributed by atoms with Crippen LogP contribution in [0, 0.1) is 0 Å². The van der Waals surface area contributed by atoms with Crippen molar-refractivity contribution in [1.82, 2.24) is 16.2 Å². The molecule has 5 N–H and O–H groups in total. The number of hydrogen-bond acceptors (Lipinski definition) is 4. The van der Waals surface area contributed by atoms with Crippen LogP contribution in [0.25, 0.3) is 0 Å². The predicted molar refractivity (Wildman–Crippen MR) is 70.7 cm³/mol. The van der Waals surface area contributed by atoms with E-state index in [-0.39, 0.29) is 24.2 Å². The highest BCUT2D eigenvalue weighted by Crippen LogP contribution is 2.16. The molecule has 1 aliphatic rings. The smallest absolute Gasteiger partial charge is 0.239 e. The lowest BCUT2D eigenvalue weighted by molar-refractivity contribution is -0.123. The Morgan fingerprint density at radius 3 is 2.67 bits per heavy atom. The Labute approximate surface area is 111 Å². The molecular formula is C12H17ClN4O. The minimum atomic E-state index is -0.283. The van der Waals surface area contributed by atoms with Gasteiger partial charge in [0, 0.05) is 11.4 Å². The summed E-state index contributed by atoms with van der Waals surface area (Å²) >= 11 is 5.82. The minimum absolute atomic E-state index is 0.0575. The van der Waals surface area contributed by atoms with Crippen LogP contribution in [-0.4, -0.2) is 18.1 Å². The van der Waals surface area contributed by atoms with Gasteiger partial charge < -0.3 is 11.1 Å². The predicted octanol–water partition coefficient (Wildman–Crippen LogP) is 0.669. The lowest BCUT2D eigenvalue weighted by Gasteiger charge is -2.17. The van der Waals surface area contributed by atoms with Gasteiger partial charge >= 0.3 is 0 Å². The minimum Gasteiger partial charge on any atom is -0.348 e. The molecule has 0 radical (unpaired) electrons. The van der Waals surface area contributed by atoms with Crippen molar-refractivity contribution in [3.63, 3.8) is 0 Å². The van der Waals surface area contributed by atoms with Gasteiger partial charge in [0.1, 0.15) is 6.04 Å². The number of hydrazine groups is 1. The van der Waals surface area contributed by atoms with Crippen LogP contribution in [0.2, 0.25) is 5.02 Å². The number of benzene rings is 1. The first-order chi connectivity index (χ1) is 8.56. The van der Waals surface area contributed by atoms with E-state index in [1.165, 1.54) is 0 Å². The average Bonchev–Trinajstić information content (AvgIpc) is 2.76. The van der Waals surface area contributed by atoms with Gasteiger partial charge in [0.25, 0.3) is 0 Å². The first-order valence-corrected chi connectivity index (χ1v) is 6.26. The largest absolute Gasteiger partial charge is 0.348 e. The van der Waals surface area contributed by atoms with Crippen LogP contribution < -0.4 is 21.9 Å². The molecule has 0 saturated carbocycles. The summed E-state index contributed by atoms with van der Waals surface area (Å²) in [5.74, 6) is -0.0575. The lowest BCUT2D eigenvalue weighted by atomic mass is 10.1. The number of carbonyl (C=O) groups is 1. The SMILES string of the molecule is CC(NC(=O)C1CC(N)NN1)c1ccc(Cl)cc1. The molecule has 1 aromatic carbocycles. The number of halogens is 1. The van der Waals surface area contributed by atoms with E-state index < -0.39 is 0 Å². The molecule has 0 aliphatic carbocycles. The van der Waals surface area contributed by atoms with E-state index in [0.717, 1.165) is 5.56 Å². The van der Waals surface area contributed by atoms with Gasteiger partial charge in [-0.3, -0.25) is 4.79 Å². The Morgan fingerprint density at radius 1 is 1.44 bits per heavy atom. The second kappa shape index (κ2) is 5.67. The molecule has 18 heavy (non-hydrogen) atoms. The van der Waals surface area contributed by atoms with Crippen LogP contribution in [-0.2, 0) is 4.79 Å². The van der Waals surface area contributed by atoms with Crippen LogP contribution in [0.15, 0.2) is 24.3 Å². The molecule has 1 aliphatic heterocycles. The van der Waals surface area contributed by atoms with Crippen molar-refractivity contribution in [3.8, 4) is 0 Å². The van der Waals surface area contributed by atoms with E-state index >= 15 is 0 Å². The van der Waals surface area contributed by atoms with Gasteiger partial charge in [-0.05, 0) is 24.6 Å². The molecule has 5 nitrogen and oxygen atoms in total. The van der Waals surface area contributed by atoms with Gasteiger partial charge in [-0.25, -0.2) is 10.9 Å². The van der Waals surface area contributed by atoms with Crippen molar-refractivity contribution >= 4 is 17.5 Å². The third kappa shape index (κ3) is 3.20. The first-order valence-electron chi connectivity index (χ1n) is 5.89. The average molecular weight is 269 g/mol. The molecule has 98 valence electrons. The summed E-state index contributed by atoms with van der Waals surface area (Å²) < 4.78 is 0. The topological polar surface area (TPSA) is 79.2 Å². The number of amides is 1. The summed E-state index contributed by atoms with van der Waals surface area (Å²) in [7, 11) is 0. The highest BCUT2D eigenvalue weighted by atomic mass is 35.5. The Bertz CT molecular complexity index is 423. The van der Waals surface area contributed by atoms with Crippen molar-refractivity contribution < 1.29 is 4.79 Å². The number of hydrogen-bond donors (Lipinski definition) is 4. The van der Waals surface area contributed by atoms with Crippen molar-refractivity contribution in [2.45, 2.75) is 31.6 Å². The Morgan fingerprint density at radius 2 is 2.11 bits per heavy atom. The molecule has 0 spiro atoms. The van der Waals surface area contributed by atoms with Gasteiger partial charge in [-0.2, -0.15) is 0 Å². The van der Waals surface area contributed by atoms with Gasteiger partial charge in [0.2, 0.25) is 5.91 Å². The highest BCUT2D eigenvalue weighted by molar-refractivity contribution is 6.30. The van der Waals surface area contributed by atoms with Crippen LogP contribution in [0.5, 0.6) is 0 Å². The molecule has 2 rings (SSSR count). The van der Waals surface area contributed by atoms with E-state index in [1.807, 2.05) is 31.2 Å². The number of rotatable bonds is 3. The van der Waals surface area contributed by atoms with E-state index in [1.54, 1.807) is 0 Å². The third-order valence-electron chi connectivity index (χ3n) is 2.98. The van der Waals surface area contributed by atoms with Crippen molar-refractivity contribution in [2.75, 3.05) is 0 Å². The van der Waals surface area contributed by atoms with Crippen molar-refractivity contribution in [1.29, 1.82) is 0 Å². The molecule has 6 heteroatoms. The van der Waals surface area contributed by atoms with Crippen molar-refractivity contribution in [3.05, 3.63) is 34.9 Å². The molecule has 0 bridgehead atoms. The molecule has 1 fully saturated rings. The molecule has 3 atom stereocenters. The van der Waals surface area contributed by atoms with E-state index in [9.17, 15) is 4.79 Å². The highest BCUT2D eigenvalue weighted by Gasteiger charge is 2.27. The van der Waals surface area contributed by atoms with Gasteiger partial charge in [0.15, 0.2) is 0 Å². The monoisotopic (exact) mass is 268 g/mol. The summed E-state index contributed by atoms with van der Waals surface area (Å²) in [6, 6.07) is 7.08. The lowest BCUT2D eigenvalue weighted by Crippen LogP contribution is -2.44.